The van der Waals surface area contributed by atoms with Gasteiger partial charge in [-0.3, -0.25) is 0 Å². The molecule has 3 aliphatic heterocycles. The molecular weight excluding hydrogens is 290 g/mol. The van der Waals surface area contributed by atoms with Crippen LogP contribution in [0.15, 0.2) is 34.9 Å². The first-order valence-electron chi connectivity index (χ1n) is 8.27. The van der Waals surface area contributed by atoms with E-state index in [2.05, 4.69) is 43.2 Å². The number of aromatic amines is 1. The van der Waals surface area contributed by atoms with E-state index in [1.165, 1.54) is 31.3 Å². The van der Waals surface area contributed by atoms with Crippen LogP contribution in [0, 0.1) is 0 Å². The molecule has 2 aromatic heterocycles. The Balaban J connectivity index is 1.47. The molecule has 5 heterocycles. The first-order chi connectivity index (χ1) is 11.4. The topological polar surface area (TPSA) is 61.2 Å². The van der Waals surface area contributed by atoms with Crippen LogP contribution in [-0.2, 0) is 0 Å². The van der Waals surface area contributed by atoms with E-state index in [-0.39, 0.29) is 0 Å². The lowest BCUT2D eigenvalue weighted by atomic mass is 10.1. The average Bonchev–Trinajstić information content (AvgIpc) is 3.17. The summed E-state index contributed by atoms with van der Waals surface area (Å²) in [4.78, 5) is 8.05. The van der Waals surface area contributed by atoms with Crippen molar-refractivity contribution in [1.82, 2.24) is 20.1 Å². The Bertz CT molecular complexity index is 830. The number of rotatable bonds is 2. The molecule has 0 aliphatic carbocycles. The van der Waals surface area contributed by atoms with Crippen molar-refractivity contribution in [3.05, 3.63) is 30.5 Å². The number of benzene rings is 1. The summed E-state index contributed by atoms with van der Waals surface area (Å²) >= 11 is 0. The van der Waals surface area contributed by atoms with Crippen molar-refractivity contribution in [2.24, 2.45) is 0 Å². The number of hydrogen-bond donors (Lipinski definition) is 1. The molecule has 1 aromatic carbocycles. The summed E-state index contributed by atoms with van der Waals surface area (Å²) in [7, 11) is 0. The van der Waals surface area contributed by atoms with E-state index < -0.39 is 0 Å². The summed E-state index contributed by atoms with van der Waals surface area (Å²) in [5.41, 5.74) is 2.05. The fourth-order valence-corrected chi connectivity index (χ4v) is 3.77. The van der Waals surface area contributed by atoms with Gasteiger partial charge in [-0.05, 0) is 36.4 Å². The number of H-pyrrole nitrogens is 1. The molecule has 6 heteroatoms. The van der Waals surface area contributed by atoms with Gasteiger partial charge in [0, 0.05) is 49.5 Å². The third-order valence-corrected chi connectivity index (χ3v) is 5.12. The highest BCUT2D eigenvalue weighted by molar-refractivity contribution is 5.83. The summed E-state index contributed by atoms with van der Waals surface area (Å²) < 4.78 is 6.01. The van der Waals surface area contributed by atoms with Gasteiger partial charge < -0.3 is 19.2 Å². The van der Waals surface area contributed by atoms with Gasteiger partial charge in [0.25, 0.3) is 0 Å². The molecule has 0 atom stereocenters. The minimum atomic E-state index is 0.535. The molecule has 6 nitrogen and oxygen atoms in total. The molecule has 0 spiro atoms. The molecule has 118 valence electrons. The van der Waals surface area contributed by atoms with Gasteiger partial charge in [0.15, 0.2) is 0 Å². The van der Waals surface area contributed by atoms with Crippen molar-refractivity contribution >= 4 is 16.9 Å². The maximum atomic E-state index is 6.01. The van der Waals surface area contributed by atoms with Crippen LogP contribution in [0.4, 0.5) is 6.01 Å². The summed E-state index contributed by atoms with van der Waals surface area (Å²) in [6.45, 7) is 4.43. The number of aromatic nitrogens is 3. The number of nitrogens with one attached hydrogen (secondary N) is 1. The first kappa shape index (κ1) is 13.1. The number of hydrogen-bond acceptors (Lipinski definition) is 5. The lowest BCUT2D eigenvalue weighted by Crippen LogP contribution is -2.38. The maximum absolute atomic E-state index is 6.01. The number of fused-ring (bicyclic) bond motifs is 5. The lowest BCUT2D eigenvalue weighted by molar-refractivity contribution is 0.249. The SMILES string of the molecule is c1cc2ccc(-c3nnc(N4CCN5CCC4CC5)o3)cc2[nH]1. The Labute approximate surface area is 134 Å². The lowest BCUT2D eigenvalue weighted by Gasteiger charge is -2.29. The van der Waals surface area contributed by atoms with Gasteiger partial charge in [0.1, 0.15) is 0 Å². The molecule has 3 aromatic rings. The Morgan fingerprint density at radius 1 is 1.04 bits per heavy atom. The van der Waals surface area contributed by atoms with Crippen LogP contribution >= 0.6 is 0 Å². The summed E-state index contributed by atoms with van der Waals surface area (Å²) in [5, 5.41) is 9.79. The predicted octanol–water partition coefficient (Wildman–Crippen LogP) is 2.50. The van der Waals surface area contributed by atoms with Gasteiger partial charge >= 0.3 is 6.01 Å². The van der Waals surface area contributed by atoms with E-state index in [4.69, 9.17) is 4.42 Å². The zero-order valence-electron chi connectivity index (χ0n) is 12.9. The summed E-state index contributed by atoms with van der Waals surface area (Å²) in [5.74, 6) is 0.593. The Morgan fingerprint density at radius 2 is 1.96 bits per heavy atom. The Hall–Kier alpha value is -2.34. The average molecular weight is 309 g/mol. The molecule has 2 bridgehead atoms. The monoisotopic (exact) mass is 309 g/mol. The van der Waals surface area contributed by atoms with Gasteiger partial charge in [0.05, 0.1) is 0 Å². The van der Waals surface area contributed by atoms with Crippen LogP contribution < -0.4 is 4.90 Å². The molecule has 23 heavy (non-hydrogen) atoms. The molecule has 3 fully saturated rings. The quantitative estimate of drug-likeness (QED) is 0.788. The number of nitrogens with zero attached hydrogens (tertiary/aromatic N) is 4. The first-order valence-corrected chi connectivity index (χ1v) is 8.27. The second-order valence-electron chi connectivity index (χ2n) is 6.44. The minimum absolute atomic E-state index is 0.535. The predicted molar refractivity (Wildman–Crippen MR) is 88.4 cm³/mol. The molecule has 3 aliphatic rings. The maximum Gasteiger partial charge on any atom is 0.318 e. The second kappa shape index (κ2) is 5.09. The van der Waals surface area contributed by atoms with Crippen molar-refractivity contribution in [3.8, 4) is 11.5 Å². The van der Waals surface area contributed by atoms with Crippen LogP contribution in [0.5, 0.6) is 0 Å². The standard InChI is InChI=1S/C17H19N5O/c1-2-13(11-15-12(1)3-6-18-15)16-19-20-17(23-16)22-10-9-21-7-4-14(22)5-8-21/h1-3,6,11,14,18H,4-5,7-10H2. The zero-order chi connectivity index (χ0) is 15.2. The molecule has 1 N–H and O–H groups in total. The molecule has 6 rings (SSSR count). The largest absolute Gasteiger partial charge is 0.403 e. The highest BCUT2D eigenvalue weighted by Gasteiger charge is 2.31. The van der Waals surface area contributed by atoms with Crippen molar-refractivity contribution in [2.75, 3.05) is 31.1 Å². The van der Waals surface area contributed by atoms with Gasteiger partial charge in [-0.1, -0.05) is 11.2 Å². The molecule has 3 saturated heterocycles. The van der Waals surface area contributed by atoms with Crippen LogP contribution in [0.25, 0.3) is 22.4 Å². The van der Waals surface area contributed by atoms with Crippen molar-refractivity contribution in [2.45, 2.75) is 18.9 Å². The highest BCUT2D eigenvalue weighted by Crippen LogP contribution is 2.29. The van der Waals surface area contributed by atoms with Crippen molar-refractivity contribution in [3.63, 3.8) is 0 Å². The molecule has 0 radical (unpaired) electrons. The molecule has 0 saturated carbocycles. The summed E-state index contributed by atoms with van der Waals surface area (Å²) in [6.07, 6.45) is 4.31. The van der Waals surface area contributed by atoms with E-state index >= 15 is 0 Å². The van der Waals surface area contributed by atoms with Crippen LogP contribution in [0.2, 0.25) is 0 Å². The molecule has 0 amide bonds. The van der Waals surface area contributed by atoms with Gasteiger partial charge in [-0.2, -0.15) is 0 Å². The Morgan fingerprint density at radius 3 is 2.87 bits per heavy atom. The number of anilines is 1. The van der Waals surface area contributed by atoms with Crippen LogP contribution in [0.3, 0.4) is 0 Å². The van der Waals surface area contributed by atoms with Gasteiger partial charge in [0.2, 0.25) is 5.89 Å². The van der Waals surface area contributed by atoms with Crippen molar-refractivity contribution < 1.29 is 4.42 Å². The van der Waals surface area contributed by atoms with E-state index in [0.29, 0.717) is 17.9 Å². The normalized spacial score (nSPS) is 24.3. The fraction of sp³-hybridized carbons (Fsp3) is 0.412. The van der Waals surface area contributed by atoms with Crippen LogP contribution in [-0.4, -0.2) is 52.3 Å². The van der Waals surface area contributed by atoms with E-state index in [1.807, 2.05) is 12.3 Å². The highest BCUT2D eigenvalue weighted by atomic mass is 16.4. The zero-order valence-corrected chi connectivity index (χ0v) is 12.9. The summed E-state index contributed by atoms with van der Waals surface area (Å²) in [6, 6.07) is 9.43. The third-order valence-electron chi connectivity index (χ3n) is 5.12. The minimum Gasteiger partial charge on any atom is -0.403 e. The van der Waals surface area contributed by atoms with Gasteiger partial charge in [-0.25, -0.2) is 0 Å². The number of piperidine rings is 1. The third kappa shape index (κ3) is 2.21. The van der Waals surface area contributed by atoms with Crippen molar-refractivity contribution in [1.29, 1.82) is 0 Å². The van der Waals surface area contributed by atoms with Gasteiger partial charge in [-0.15, -0.1) is 5.10 Å². The van der Waals surface area contributed by atoms with E-state index in [1.54, 1.807) is 0 Å². The van der Waals surface area contributed by atoms with E-state index in [9.17, 15) is 0 Å². The molecular formula is C17H19N5O. The second-order valence-corrected chi connectivity index (χ2v) is 6.44. The van der Waals surface area contributed by atoms with Crippen LogP contribution in [0.1, 0.15) is 12.8 Å². The Kier molecular flexibility index (Phi) is 2.91. The fourth-order valence-electron chi connectivity index (χ4n) is 3.77. The van der Waals surface area contributed by atoms with E-state index in [0.717, 1.165) is 24.2 Å². The smallest absolute Gasteiger partial charge is 0.318 e. The molecule has 0 unspecified atom stereocenters.